The molecule has 0 spiro atoms. The van der Waals surface area contributed by atoms with Gasteiger partial charge >= 0.3 is 0 Å². The Hall–Kier alpha value is -5.16. The molecule has 0 aromatic heterocycles. The Bertz CT molecular complexity index is 1840. The highest BCUT2D eigenvalue weighted by molar-refractivity contribution is 5.91. The molecule has 6 aromatic rings. The monoisotopic (exact) mass is 618 g/mol. The zero-order chi connectivity index (χ0) is 32.4. The Morgan fingerprint density at radius 2 is 0.723 bits per heavy atom. The number of rotatable bonds is 10. The summed E-state index contributed by atoms with van der Waals surface area (Å²) in [5, 5.41) is 19.4. The molecule has 4 nitrogen and oxygen atoms in total. The second kappa shape index (κ2) is 12.9. The molecule has 7 rings (SSSR count). The molecule has 47 heavy (non-hydrogen) atoms. The molecule has 2 atom stereocenters. The molecular formula is C43H38O4. The largest absolute Gasteiger partial charge is 0.491 e. The molecule has 1 aliphatic carbocycles. The van der Waals surface area contributed by atoms with E-state index in [-0.39, 0.29) is 13.2 Å². The van der Waals surface area contributed by atoms with E-state index in [4.69, 9.17) is 9.47 Å². The minimum absolute atomic E-state index is 0.247. The number of aliphatic hydroxyl groups is 2. The number of aliphatic hydroxyl groups excluding tert-OH is 2. The molecular weight excluding hydrogens is 580 g/mol. The Labute approximate surface area is 276 Å². The van der Waals surface area contributed by atoms with E-state index in [1.807, 2.05) is 24.3 Å². The van der Waals surface area contributed by atoms with Crippen molar-refractivity contribution in [2.45, 2.75) is 31.5 Å². The fraction of sp³-hybridized carbons (Fsp3) is 0.163. The molecule has 234 valence electrons. The smallest absolute Gasteiger partial charge is 0.119 e. The molecule has 0 aliphatic heterocycles. The average molecular weight is 619 g/mol. The molecule has 0 saturated carbocycles. The molecule has 4 heteroatoms. The highest BCUT2D eigenvalue weighted by Gasteiger charge is 2.48. The van der Waals surface area contributed by atoms with E-state index in [9.17, 15) is 10.2 Å². The van der Waals surface area contributed by atoms with E-state index in [1.165, 1.54) is 33.4 Å². The first-order valence-corrected chi connectivity index (χ1v) is 16.2. The lowest BCUT2D eigenvalue weighted by Gasteiger charge is -2.37. The molecule has 0 heterocycles. The summed E-state index contributed by atoms with van der Waals surface area (Å²) in [7, 11) is 0. The number of hydrogen-bond donors (Lipinski definition) is 2. The lowest BCUT2D eigenvalue weighted by molar-refractivity contribution is 0.122. The number of fused-ring (bicyclic) bond motifs is 3. The Balaban J connectivity index is 1.47. The van der Waals surface area contributed by atoms with Crippen LogP contribution in [-0.4, -0.2) is 35.6 Å². The van der Waals surface area contributed by atoms with Gasteiger partial charge in [-0.1, -0.05) is 121 Å². The fourth-order valence-electron chi connectivity index (χ4n) is 6.98. The summed E-state index contributed by atoms with van der Waals surface area (Å²) in [4.78, 5) is 0. The van der Waals surface area contributed by atoms with Gasteiger partial charge in [0.15, 0.2) is 0 Å². The third-order valence-corrected chi connectivity index (χ3v) is 8.93. The van der Waals surface area contributed by atoms with Crippen LogP contribution in [0, 0.1) is 0 Å². The number of ether oxygens (including phenoxy) is 2. The summed E-state index contributed by atoms with van der Waals surface area (Å²) in [5.74, 6) is 1.45. The van der Waals surface area contributed by atoms with Crippen molar-refractivity contribution in [3.8, 4) is 44.9 Å². The Morgan fingerprint density at radius 1 is 0.426 bits per heavy atom. The van der Waals surface area contributed by atoms with E-state index >= 15 is 0 Å². The quantitative estimate of drug-likeness (QED) is 0.161. The van der Waals surface area contributed by atoms with Crippen LogP contribution in [0.2, 0.25) is 0 Å². The van der Waals surface area contributed by atoms with Gasteiger partial charge in [-0.25, -0.2) is 0 Å². The molecule has 0 saturated heterocycles. The van der Waals surface area contributed by atoms with Crippen LogP contribution in [0.5, 0.6) is 11.5 Å². The predicted octanol–water partition coefficient (Wildman–Crippen LogP) is 8.90. The van der Waals surface area contributed by atoms with Gasteiger partial charge in [0.1, 0.15) is 24.7 Å². The van der Waals surface area contributed by atoms with Gasteiger partial charge in [0.25, 0.3) is 0 Å². The summed E-state index contributed by atoms with van der Waals surface area (Å²) < 4.78 is 11.6. The number of hydrogen-bond acceptors (Lipinski definition) is 4. The van der Waals surface area contributed by atoms with Crippen molar-refractivity contribution < 1.29 is 19.7 Å². The van der Waals surface area contributed by atoms with E-state index in [2.05, 4.69) is 121 Å². The summed E-state index contributed by atoms with van der Waals surface area (Å²) in [6.45, 7) is 3.94. The van der Waals surface area contributed by atoms with Crippen LogP contribution in [0.3, 0.4) is 0 Å². The minimum atomic E-state index is -0.622. The average Bonchev–Trinajstić information content (AvgIpc) is 3.41. The van der Waals surface area contributed by atoms with Crippen molar-refractivity contribution >= 4 is 0 Å². The van der Waals surface area contributed by atoms with Gasteiger partial charge in [0.2, 0.25) is 0 Å². The zero-order valence-corrected chi connectivity index (χ0v) is 26.6. The van der Waals surface area contributed by atoms with Gasteiger partial charge in [-0.3, -0.25) is 0 Å². The van der Waals surface area contributed by atoms with Crippen LogP contribution >= 0.6 is 0 Å². The highest BCUT2D eigenvalue weighted by atomic mass is 16.5. The second-order valence-corrected chi connectivity index (χ2v) is 12.3. The van der Waals surface area contributed by atoms with E-state index < -0.39 is 17.6 Å². The van der Waals surface area contributed by atoms with E-state index in [0.717, 1.165) is 33.8 Å². The van der Waals surface area contributed by atoms with Crippen LogP contribution in [0.1, 0.15) is 36.1 Å². The van der Waals surface area contributed by atoms with Gasteiger partial charge in [-0.05, 0) is 93.7 Å². The topological polar surface area (TPSA) is 58.9 Å². The fourth-order valence-corrected chi connectivity index (χ4v) is 6.98. The van der Waals surface area contributed by atoms with Crippen LogP contribution in [0.15, 0.2) is 146 Å². The van der Waals surface area contributed by atoms with Gasteiger partial charge in [-0.15, -0.1) is 0 Å². The maximum atomic E-state index is 9.72. The maximum absolute atomic E-state index is 9.72. The van der Waals surface area contributed by atoms with E-state index in [0.29, 0.717) is 0 Å². The maximum Gasteiger partial charge on any atom is 0.119 e. The van der Waals surface area contributed by atoms with Crippen LogP contribution in [-0.2, 0) is 5.41 Å². The molecule has 0 fully saturated rings. The minimum Gasteiger partial charge on any atom is -0.491 e. The van der Waals surface area contributed by atoms with Crippen molar-refractivity contribution in [3.05, 3.63) is 168 Å². The first-order chi connectivity index (χ1) is 23.0. The molecule has 0 bridgehead atoms. The third-order valence-electron chi connectivity index (χ3n) is 8.93. The van der Waals surface area contributed by atoms with Crippen molar-refractivity contribution in [1.82, 2.24) is 0 Å². The molecule has 1 aliphatic rings. The SMILES string of the molecule is CC(O)COc1ccc(-c2ccccc2C2(c3ccccc3-c3ccc(OCC(C)O)cc3)c3ccccc3-c3ccccc32)cc1. The predicted molar refractivity (Wildman–Crippen MR) is 189 cm³/mol. The van der Waals surface area contributed by atoms with E-state index in [1.54, 1.807) is 13.8 Å². The van der Waals surface area contributed by atoms with Gasteiger partial charge in [0, 0.05) is 0 Å². The molecule has 6 aromatic carbocycles. The standard InChI is InChI=1S/C43H38O4/c1-29(44)27-46-33-23-19-31(20-24-33)35-11-3-7-15-39(35)43(41-17-9-5-13-37(41)38-14-6-10-18-42(38)43)40-16-8-4-12-36(40)32-21-25-34(26-22-32)47-28-30(2)45/h3-26,29-30,44-45H,27-28H2,1-2H3. The molecule has 0 amide bonds. The Morgan fingerprint density at radius 3 is 1.06 bits per heavy atom. The second-order valence-electron chi connectivity index (χ2n) is 12.3. The number of benzene rings is 6. The highest BCUT2D eigenvalue weighted by Crippen LogP contribution is 2.59. The summed E-state index contributed by atoms with van der Waals surface area (Å²) in [6, 6.07) is 51.4. The van der Waals surface area contributed by atoms with Gasteiger partial charge in [-0.2, -0.15) is 0 Å². The summed E-state index contributed by atoms with van der Waals surface area (Å²) >= 11 is 0. The Kier molecular flexibility index (Phi) is 8.38. The summed E-state index contributed by atoms with van der Waals surface area (Å²) in [5.41, 5.74) is 11.2. The van der Waals surface area contributed by atoms with Crippen LogP contribution in [0.25, 0.3) is 33.4 Å². The van der Waals surface area contributed by atoms with Crippen molar-refractivity contribution in [1.29, 1.82) is 0 Å². The molecule has 2 N–H and O–H groups in total. The van der Waals surface area contributed by atoms with Gasteiger partial charge in [0.05, 0.1) is 17.6 Å². The van der Waals surface area contributed by atoms with Crippen LogP contribution < -0.4 is 9.47 Å². The first-order valence-electron chi connectivity index (χ1n) is 16.2. The summed E-state index contributed by atoms with van der Waals surface area (Å²) in [6.07, 6.45) is -1.07. The molecule has 0 radical (unpaired) electrons. The van der Waals surface area contributed by atoms with Gasteiger partial charge < -0.3 is 19.7 Å². The zero-order valence-electron chi connectivity index (χ0n) is 26.6. The lowest BCUT2D eigenvalue weighted by Crippen LogP contribution is -2.30. The molecule has 2 unspecified atom stereocenters. The first kappa shape index (κ1) is 30.5. The van der Waals surface area contributed by atoms with Crippen LogP contribution in [0.4, 0.5) is 0 Å². The van der Waals surface area contributed by atoms with Crippen molar-refractivity contribution in [3.63, 3.8) is 0 Å². The van der Waals surface area contributed by atoms with Crippen molar-refractivity contribution in [2.75, 3.05) is 13.2 Å². The normalized spacial score (nSPS) is 14.1. The third kappa shape index (κ3) is 5.61. The lowest BCUT2D eigenvalue weighted by atomic mass is 9.64. The van der Waals surface area contributed by atoms with Crippen molar-refractivity contribution in [2.24, 2.45) is 0 Å².